The second-order valence-corrected chi connectivity index (χ2v) is 6.26. The molecule has 1 aromatic rings. The van der Waals surface area contributed by atoms with Crippen LogP contribution in [-0.4, -0.2) is 26.9 Å². The summed E-state index contributed by atoms with van der Waals surface area (Å²) >= 11 is 0. The number of rotatable bonds is 5. The van der Waals surface area contributed by atoms with E-state index in [0.29, 0.717) is 6.61 Å². The molecule has 1 unspecified atom stereocenters. The monoisotopic (exact) mass is 288 g/mol. The Kier molecular flexibility index (Phi) is 4.38. The van der Waals surface area contributed by atoms with Gasteiger partial charge in [-0.15, -0.1) is 0 Å². The Balaban J connectivity index is 2.13. The number of hydrogen-bond acceptors (Lipinski definition) is 4. The highest BCUT2D eigenvalue weighted by Gasteiger charge is 2.24. The summed E-state index contributed by atoms with van der Waals surface area (Å²) in [5, 5.41) is 0. The van der Waals surface area contributed by atoms with Crippen molar-refractivity contribution >= 4 is 15.7 Å². The molecule has 0 radical (unpaired) electrons. The minimum Gasteiger partial charge on any atom is -0.377 e. The number of nitrogens with one attached hydrogen (secondary N) is 1. The summed E-state index contributed by atoms with van der Waals surface area (Å²) in [6.45, 7) is 0.526. The highest BCUT2D eigenvalue weighted by atomic mass is 32.2. The minimum absolute atomic E-state index is 0.0650. The number of hydrogen-bond donors (Lipinski definition) is 2. The molecule has 1 heterocycles. The molecular weight excluding hydrogens is 271 g/mol. The molecule has 0 saturated carbocycles. The average molecular weight is 288 g/mol. The quantitative estimate of drug-likeness (QED) is 0.853. The third kappa shape index (κ3) is 3.65. The normalized spacial score (nSPS) is 19.6. The molecule has 106 valence electrons. The lowest BCUT2D eigenvalue weighted by Crippen LogP contribution is -2.26. The van der Waals surface area contributed by atoms with Crippen molar-refractivity contribution in [2.75, 3.05) is 17.1 Å². The second-order valence-electron chi connectivity index (χ2n) is 4.49. The molecule has 7 heteroatoms. The first-order valence-corrected chi connectivity index (χ1v) is 7.76. The van der Waals surface area contributed by atoms with Gasteiger partial charge in [-0.3, -0.25) is 4.72 Å². The number of anilines is 1. The van der Waals surface area contributed by atoms with Crippen LogP contribution in [0.3, 0.4) is 0 Å². The maximum absolute atomic E-state index is 13.5. The molecule has 0 aliphatic carbocycles. The number of nitrogens with two attached hydrogens (primary N) is 1. The lowest BCUT2D eigenvalue weighted by molar-refractivity contribution is 0.127. The van der Waals surface area contributed by atoms with Crippen molar-refractivity contribution in [3.05, 3.63) is 29.6 Å². The van der Waals surface area contributed by atoms with E-state index < -0.39 is 15.8 Å². The smallest absolute Gasteiger partial charge is 0.235 e. The predicted octanol–water partition coefficient (Wildman–Crippen LogP) is 1.21. The Morgan fingerprint density at radius 3 is 2.89 bits per heavy atom. The van der Waals surface area contributed by atoms with Gasteiger partial charge in [-0.25, -0.2) is 12.8 Å². The molecule has 3 N–H and O–H groups in total. The van der Waals surface area contributed by atoms with E-state index in [-0.39, 0.29) is 29.7 Å². The van der Waals surface area contributed by atoms with Gasteiger partial charge in [-0.05, 0) is 25.0 Å². The van der Waals surface area contributed by atoms with Crippen molar-refractivity contribution in [1.29, 1.82) is 0 Å². The topological polar surface area (TPSA) is 81.4 Å². The summed E-state index contributed by atoms with van der Waals surface area (Å²) in [6, 6.07) is 4.19. The zero-order chi connectivity index (χ0) is 13.9. The maximum Gasteiger partial charge on any atom is 0.235 e. The predicted molar refractivity (Wildman–Crippen MR) is 70.7 cm³/mol. The lowest BCUT2D eigenvalue weighted by atomic mass is 10.2. The minimum atomic E-state index is -3.56. The van der Waals surface area contributed by atoms with Gasteiger partial charge in [0, 0.05) is 18.7 Å². The fourth-order valence-electron chi connectivity index (χ4n) is 2.09. The number of ether oxygens (including phenoxy) is 1. The summed E-state index contributed by atoms with van der Waals surface area (Å²) in [4.78, 5) is 0. The van der Waals surface area contributed by atoms with Crippen molar-refractivity contribution < 1.29 is 17.5 Å². The van der Waals surface area contributed by atoms with Gasteiger partial charge in [-0.2, -0.15) is 0 Å². The van der Waals surface area contributed by atoms with Gasteiger partial charge < -0.3 is 10.5 Å². The van der Waals surface area contributed by atoms with Crippen LogP contribution in [-0.2, 0) is 21.3 Å². The molecule has 0 amide bonds. The zero-order valence-electron chi connectivity index (χ0n) is 10.4. The van der Waals surface area contributed by atoms with E-state index in [1.165, 1.54) is 18.2 Å². The Hall–Kier alpha value is -1.18. The third-order valence-electron chi connectivity index (χ3n) is 3.02. The van der Waals surface area contributed by atoms with Crippen LogP contribution < -0.4 is 10.5 Å². The Labute approximate surface area is 112 Å². The van der Waals surface area contributed by atoms with Crippen LogP contribution in [0.25, 0.3) is 0 Å². The second kappa shape index (κ2) is 5.85. The van der Waals surface area contributed by atoms with Crippen LogP contribution in [0.2, 0.25) is 0 Å². The summed E-state index contributed by atoms with van der Waals surface area (Å²) in [5.41, 5.74) is 5.79. The maximum atomic E-state index is 13.5. The Bertz CT molecular complexity index is 542. The molecule has 19 heavy (non-hydrogen) atoms. The molecule has 1 aliphatic rings. The molecule has 1 fully saturated rings. The van der Waals surface area contributed by atoms with Gasteiger partial charge >= 0.3 is 0 Å². The van der Waals surface area contributed by atoms with E-state index >= 15 is 0 Å². The average Bonchev–Trinajstić information content (AvgIpc) is 2.80. The van der Waals surface area contributed by atoms with Gasteiger partial charge in [0.05, 0.1) is 17.5 Å². The Morgan fingerprint density at radius 2 is 2.26 bits per heavy atom. The molecule has 1 atom stereocenters. The molecule has 5 nitrogen and oxygen atoms in total. The fraction of sp³-hybridized carbons (Fsp3) is 0.500. The van der Waals surface area contributed by atoms with Crippen molar-refractivity contribution in [3.63, 3.8) is 0 Å². The third-order valence-corrected chi connectivity index (χ3v) is 4.36. The Morgan fingerprint density at radius 1 is 1.47 bits per heavy atom. The van der Waals surface area contributed by atoms with Crippen LogP contribution in [0.15, 0.2) is 18.2 Å². The van der Waals surface area contributed by atoms with Gasteiger partial charge in [0.1, 0.15) is 5.82 Å². The molecule has 1 aromatic carbocycles. The van der Waals surface area contributed by atoms with Crippen molar-refractivity contribution in [2.24, 2.45) is 5.73 Å². The van der Waals surface area contributed by atoms with Gasteiger partial charge in [0.25, 0.3) is 0 Å². The van der Waals surface area contributed by atoms with Crippen molar-refractivity contribution in [3.8, 4) is 0 Å². The molecule has 1 saturated heterocycles. The SMILES string of the molecule is NCc1c(F)cccc1NS(=O)(=O)CC1CCCO1. The first-order valence-electron chi connectivity index (χ1n) is 6.11. The van der Waals surface area contributed by atoms with E-state index in [0.717, 1.165) is 12.8 Å². The summed E-state index contributed by atoms with van der Waals surface area (Å²) in [6.07, 6.45) is 1.31. The fourth-order valence-corrected chi connectivity index (χ4v) is 3.45. The van der Waals surface area contributed by atoms with Gasteiger partial charge in [0.15, 0.2) is 0 Å². The highest BCUT2D eigenvalue weighted by Crippen LogP contribution is 2.21. The zero-order valence-corrected chi connectivity index (χ0v) is 11.2. The van der Waals surface area contributed by atoms with Crippen LogP contribution in [0.5, 0.6) is 0 Å². The molecular formula is C12H17FN2O3S. The number of benzene rings is 1. The highest BCUT2D eigenvalue weighted by molar-refractivity contribution is 7.92. The first kappa shape index (κ1) is 14.2. The largest absolute Gasteiger partial charge is 0.377 e. The van der Waals surface area contributed by atoms with Gasteiger partial charge in [-0.1, -0.05) is 6.07 Å². The molecule has 0 aromatic heterocycles. The van der Waals surface area contributed by atoms with Crippen LogP contribution in [0.4, 0.5) is 10.1 Å². The van der Waals surface area contributed by atoms with E-state index in [1.54, 1.807) is 0 Å². The number of sulfonamides is 1. The van der Waals surface area contributed by atoms with E-state index in [4.69, 9.17) is 10.5 Å². The van der Waals surface area contributed by atoms with Crippen LogP contribution in [0, 0.1) is 5.82 Å². The van der Waals surface area contributed by atoms with Crippen molar-refractivity contribution in [1.82, 2.24) is 0 Å². The molecule has 0 bridgehead atoms. The van der Waals surface area contributed by atoms with Crippen LogP contribution in [0.1, 0.15) is 18.4 Å². The van der Waals surface area contributed by atoms with Crippen molar-refractivity contribution in [2.45, 2.75) is 25.5 Å². The number of halogens is 1. The summed E-state index contributed by atoms with van der Waals surface area (Å²) < 4.78 is 45.1. The molecule has 0 spiro atoms. The van der Waals surface area contributed by atoms with Gasteiger partial charge in [0.2, 0.25) is 10.0 Å². The summed E-state index contributed by atoms with van der Waals surface area (Å²) in [7, 11) is -3.56. The van der Waals surface area contributed by atoms with E-state index in [1.807, 2.05) is 0 Å². The molecule has 1 aliphatic heterocycles. The van der Waals surface area contributed by atoms with Crippen LogP contribution >= 0.6 is 0 Å². The van der Waals surface area contributed by atoms with E-state index in [2.05, 4.69) is 4.72 Å². The standard InChI is InChI=1S/C12H17FN2O3S/c13-11-4-1-5-12(10(11)7-14)15-19(16,17)8-9-3-2-6-18-9/h1,4-5,9,15H,2-3,6-8,14H2. The first-order chi connectivity index (χ1) is 9.02. The molecule has 2 rings (SSSR count). The lowest BCUT2D eigenvalue weighted by Gasteiger charge is -2.14. The van der Waals surface area contributed by atoms with E-state index in [9.17, 15) is 12.8 Å². The summed E-state index contributed by atoms with van der Waals surface area (Å²) in [5.74, 6) is -0.632.